The van der Waals surface area contributed by atoms with Crippen molar-refractivity contribution in [2.45, 2.75) is 19.8 Å². The second-order valence-electron chi connectivity index (χ2n) is 6.86. The number of hydrogen-bond acceptors (Lipinski definition) is 4. The van der Waals surface area contributed by atoms with E-state index in [2.05, 4.69) is 10.2 Å². The van der Waals surface area contributed by atoms with Gasteiger partial charge in [-0.2, -0.15) is 0 Å². The highest BCUT2D eigenvalue weighted by Crippen LogP contribution is 2.26. The minimum atomic E-state index is -0.678. The van der Waals surface area contributed by atoms with E-state index in [0.717, 1.165) is 39.3 Å². The average molecular weight is 363 g/mol. The predicted molar refractivity (Wildman–Crippen MR) is 96.5 cm³/mol. The quantitative estimate of drug-likeness (QED) is 0.612. The molecule has 2 saturated heterocycles. The van der Waals surface area contributed by atoms with Gasteiger partial charge < -0.3 is 15.0 Å². The lowest BCUT2D eigenvalue weighted by atomic mass is 10.1. The first-order chi connectivity index (χ1) is 12.6. The second-order valence-corrected chi connectivity index (χ2v) is 6.86. The molecule has 2 amide bonds. The number of amides is 2. The lowest BCUT2D eigenvalue weighted by Crippen LogP contribution is -2.40. The van der Waals surface area contributed by atoms with E-state index in [4.69, 9.17) is 4.74 Å². The van der Waals surface area contributed by atoms with Gasteiger partial charge in [0.2, 0.25) is 11.8 Å². The van der Waals surface area contributed by atoms with Crippen LogP contribution in [0.5, 0.6) is 0 Å². The van der Waals surface area contributed by atoms with Crippen LogP contribution in [0.1, 0.15) is 18.4 Å². The number of nitrogens with zero attached hydrogens (tertiary/aromatic N) is 2. The number of carbonyl (C=O) groups excluding carboxylic acids is 2. The van der Waals surface area contributed by atoms with Gasteiger partial charge in [0.1, 0.15) is 11.7 Å². The molecule has 2 aliphatic rings. The third-order valence-corrected chi connectivity index (χ3v) is 5.04. The predicted octanol–water partition coefficient (Wildman–Crippen LogP) is 1.33. The summed E-state index contributed by atoms with van der Waals surface area (Å²) in [5, 5.41) is 2.87. The number of benzene rings is 1. The maximum absolute atomic E-state index is 13.7. The van der Waals surface area contributed by atoms with Gasteiger partial charge >= 0.3 is 0 Å². The number of ether oxygens (including phenoxy) is 1. The molecule has 1 atom stereocenters. The fraction of sp³-hybridized carbons (Fsp3) is 0.579. The molecule has 142 valence electrons. The van der Waals surface area contributed by atoms with Gasteiger partial charge in [-0.05, 0) is 44.0 Å². The highest BCUT2D eigenvalue weighted by atomic mass is 19.1. The molecule has 7 heteroatoms. The van der Waals surface area contributed by atoms with E-state index in [1.165, 1.54) is 11.0 Å². The minimum Gasteiger partial charge on any atom is -0.379 e. The standard InChI is InChI=1S/C19H26FN3O3/c1-14-3-4-15(13-17(14)20)23-8-5-16(19(23)25)18(24)21-6-2-7-22-9-11-26-12-10-22/h3-4,13,16H,2,5-12H2,1H3,(H,21,24). The zero-order valence-corrected chi connectivity index (χ0v) is 15.2. The summed E-state index contributed by atoms with van der Waals surface area (Å²) in [7, 11) is 0. The van der Waals surface area contributed by atoms with E-state index in [-0.39, 0.29) is 17.6 Å². The Balaban J connectivity index is 1.46. The number of rotatable bonds is 6. The maximum atomic E-state index is 13.7. The van der Waals surface area contributed by atoms with Crippen LogP contribution in [-0.4, -0.2) is 62.7 Å². The number of hydrogen-bond donors (Lipinski definition) is 1. The highest BCUT2D eigenvalue weighted by Gasteiger charge is 2.37. The Labute approximate surface area is 153 Å². The molecule has 0 spiro atoms. The molecule has 3 rings (SSSR count). The Morgan fingerprint density at radius 3 is 2.81 bits per heavy atom. The van der Waals surface area contributed by atoms with Gasteiger partial charge in [-0.15, -0.1) is 0 Å². The van der Waals surface area contributed by atoms with Crippen molar-refractivity contribution in [2.24, 2.45) is 5.92 Å². The number of morpholine rings is 1. The fourth-order valence-corrected chi connectivity index (χ4v) is 3.39. The molecule has 2 heterocycles. The molecule has 6 nitrogen and oxygen atoms in total. The smallest absolute Gasteiger partial charge is 0.239 e. The first-order valence-corrected chi connectivity index (χ1v) is 9.21. The molecule has 0 saturated carbocycles. The van der Waals surface area contributed by atoms with E-state index in [1.807, 2.05) is 0 Å². The van der Waals surface area contributed by atoms with Gasteiger partial charge in [-0.1, -0.05) is 6.07 Å². The Hall–Kier alpha value is -1.99. The summed E-state index contributed by atoms with van der Waals surface area (Å²) in [5.74, 6) is -1.50. The fourth-order valence-electron chi connectivity index (χ4n) is 3.39. The molecule has 2 fully saturated rings. The van der Waals surface area contributed by atoms with Crippen molar-refractivity contribution in [3.05, 3.63) is 29.6 Å². The van der Waals surface area contributed by atoms with Crippen molar-refractivity contribution in [2.75, 3.05) is 50.8 Å². The lowest BCUT2D eigenvalue weighted by Gasteiger charge is -2.26. The van der Waals surface area contributed by atoms with Crippen LogP contribution in [0.25, 0.3) is 0 Å². The van der Waals surface area contributed by atoms with Crippen molar-refractivity contribution in [3.63, 3.8) is 0 Å². The Kier molecular flexibility index (Phi) is 6.21. The van der Waals surface area contributed by atoms with Crippen LogP contribution in [0.15, 0.2) is 18.2 Å². The number of anilines is 1. The van der Waals surface area contributed by atoms with Gasteiger partial charge in [0, 0.05) is 31.9 Å². The van der Waals surface area contributed by atoms with Gasteiger partial charge in [0.25, 0.3) is 0 Å². The van der Waals surface area contributed by atoms with Crippen LogP contribution in [0, 0.1) is 18.7 Å². The maximum Gasteiger partial charge on any atom is 0.239 e. The second kappa shape index (κ2) is 8.60. The summed E-state index contributed by atoms with van der Waals surface area (Å²) in [6, 6.07) is 4.73. The van der Waals surface area contributed by atoms with E-state index in [1.54, 1.807) is 19.1 Å². The lowest BCUT2D eigenvalue weighted by molar-refractivity contribution is -0.132. The van der Waals surface area contributed by atoms with E-state index in [9.17, 15) is 14.0 Å². The molecule has 0 bridgehead atoms. The SMILES string of the molecule is Cc1ccc(N2CCC(C(=O)NCCCN3CCOCC3)C2=O)cc1F. The monoisotopic (exact) mass is 363 g/mol. The zero-order valence-electron chi connectivity index (χ0n) is 15.2. The van der Waals surface area contributed by atoms with Gasteiger partial charge in [-0.3, -0.25) is 14.5 Å². The average Bonchev–Trinajstić information content (AvgIpc) is 3.03. The Morgan fingerprint density at radius 2 is 2.08 bits per heavy atom. The third-order valence-electron chi connectivity index (χ3n) is 5.04. The molecular weight excluding hydrogens is 337 g/mol. The minimum absolute atomic E-state index is 0.230. The zero-order chi connectivity index (χ0) is 18.5. The number of nitrogens with one attached hydrogen (secondary N) is 1. The van der Waals surface area contributed by atoms with Crippen molar-refractivity contribution in [3.8, 4) is 0 Å². The highest BCUT2D eigenvalue weighted by molar-refractivity contribution is 6.09. The van der Waals surface area contributed by atoms with Crippen LogP contribution in [0.2, 0.25) is 0 Å². The molecule has 1 aromatic rings. The number of halogens is 1. The number of carbonyl (C=O) groups is 2. The largest absolute Gasteiger partial charge is 0.379 e. The van der Waals surface area contributed by atoms with Gasteiger partial charge in [-0.25, -0.2) is 4.39 Å². The molecule has 0 radical (unpaired) electrons. The van der Waals surface area contributed by atoms with E-state index in [0.29, 0.717) is 30.8 Å². The van der Waals surface area contributed by atoms with Crippen molar-refractivity contribution in [1.29, 1.82) is 0 Å². The van der Waals surface area contributed by atoms with Crippen LogP contribution in [0.3, 0.4) is 0 Å². The summed E-state index contributed by atoms with van der Waals surface area (Å²) in [4.78, 5) is 28.7. The van der Waals surface area contributed by atoms with Crippen LogP contribution < -0.4 is 10.2 Å². The molecule has 0 aromatic heterocycles. The summed E-state index contributed by atoms with van der Waals surface area (Å²) in [5.41, 5.74) is 1.05. The third kappa shape index (κ3) is 4.40. The van der Waals surface area contributed by atoms with Crippen molar-refractivity contribution in [1.82, 2.24) is 10.2 Å². The first-order valence-electron chi connectivity index (χ1n) is 9.21. The Morgan fingerprint density at radius 1 is 1.31 bits per heavy atom. The van der Waals surface area contributed by atoms with Crippen LogP contribution >= 0.6 is 0 Å². The van der Waals surface area contributed by atoms with Crippen molar-refractivity contribution >= 4 is 17.5 Å². The number of aryl methyl sites for hydroxylation is 1. The van der Waals surface area contributed by atoms with Gasteiger partial charge in [0.15, 0.2) is 0 Å². The van der Waals surface area contributed by atoms with Crippen molar-refractivity contribution < 1.29 is 18.7 Å². The van der Waals surface area contributed by atoms with E-state index >= 15 is 0 Å². The summed E-state index contributed by atoms with van der Waals surface area (Å²) >= 11 is 0. The normalized spacial score (nSPS) is 21.2. The molecule has 26 heavy (non-hydrogen) atoms. The molecule has 1 unspecified atom stereocenters. The molecule has 0 aliphatic carbocycles. The Bertz CT molecular complexity index is 661. The van der Waals surface area contributed by atoms with Crippen LogP contribution in [-0.2, 0) is 14.3 Å². The molecule has 1 aromatic carbocycles. The topological polar surface area (TPSA) is 61.9 Å². The summed E-state index contributed by atoms with van der Waals surface area (Å²) in [6.45, 7) is 6.96. The summed E-state index contributed by atoms with van der Waals surface area (Å²) in [6.07, 6.45) is 1.31. The van der Waals surface area contributed by atoms with Gasteiger partial charge in [0.05, 0.1) is 13.2 Å². The molecule has 1 N–H and O–H groups in total. The molecule has 2 aliphatic heterocycles. The first kappa shape index (κ1) is 18.8. The molecular formula is C19H26FN3O3. The summed E-state index contributed by atoms with van der Waals surface area (Å²) < 4.78 is 19.1. The van der Waals surface area contributed by atoms with E-state index < -0.39 is 5.92 Å². The van der Waals surface area contributed by atoms with Crippen LogP contribution in [0.4, 0.5) is 10.1 Å².